The van der Waals surface area contributed by atoms with Crippen molar-refractivity contribution in [1.82, 2.24) is 5.32 Å². The maximum absolute atomic E-state index is 11.6. The minimum atomic E-state index is -0.260. The van der Waals surface area contributed by atoms with Crippen LogP contribution in [0.2, 0.25) is 0 Å². The molecule has 1 fully saturated rings. The molecule has 1 N–H and O–H groups in total. The Morgan fingerprint density at radius 2 is 2.06 bits per heavy atom. The fraction of sp³-hybridized carbons (Fsp3) is 0.923. The van der Waals surface area contributed by atoms with Crippen molar-refractivity contribution in [1.29, 1.82) is 0 Å². The van der Waals surface area contributed by atoms with Crippen molar-refractivity contribution >= 4 is 5.97 Å². The Balaban J connectivity index is 1.92. The smallest absolute Gasteiger partial charge is 0.325 e. The third-order valence-electron chi connectivity index (χ3n) is 2.95. The van der Waals surface area contributed by atoms with Gasteiger partial charge < -0.3 is 14.8 Å². The minimum absolute atomic E-state index is 0.168. The predicted molar refractivity (Wildman–Crippen MR) is 66.9 cm³/mol. The average Bonchev–Trinajstić information content (AvgIpc) is 2.38. The van der Waals surface area contributed by atoms with Crippen LogP contribution in [0.3, 0.4) is 0 Å². The summed E-state index contributed by atoms with van der Waals surface area (Å²) in [6.07, 6.45) is 7.25. The van der Waals surface area contributed by atoms with Gasteiger partial charge in [0.1, 0.15) is 6.04 Å². The van der Waals surface area contributed by atoms with Gasteiger partial charge in [-0.1, -0.05) is 39.0 Å². The molecule has 4 heteroatoms. The number of morpholine rings is 1. The van der Waals surface area contributed by atoms with E-state index in [-0.39, 0.29) is 12.0 Å². The highest BCUT2D eigenvalue weighted by molar-refractivity contribution is 5.76. The van der Waals surface area contributed by atoms with Crippen molar-refractivity contribution in [2.45, 2.75) is 51.5 Å². The van der Waals surface area contributed by atoms with Gasteiger partial charge in [0.2, 0.25) is 0 Å². The molecule has 1 rings (SSSR count). The number of carbonyl (C=O) groups is 1. The molecule has 100 valence electrons. The van der Waals surface area contributed by atoms with Crippen molar-refractivity contribution in [2.75, 3.05) is 26.4 Å². The molecule has 0 bridgehead atoms. The van der Waals surface area contributed by atoms with Crippen LogP contribution in [0.25, 0.3) is 0 Å². The standard InChI is InChI=1S/C13H25NO3/c1-2-3-4-5-6-7-9-17-13(15)12-11-16-10-8-14-12/h12,14H,2-11H2,1H3. The third kappa shape index (κ3) is 6.64. The molecule has 1 saturated heterocycles. The van der Waals surface area contributed by atoms with Crippen LogP contribution in [-0.2, 0) is 14.3 Å². The summed E-state index contributed by atoms with van der Waals surface area (Å²) in [6.45, 7) is 4.61. The summed E-state index contributed by atoms with van der Waals surface area (Å²) in [5.74, 6) is -0.168. The van der Waals surface area contributed by atoms with Gasteiger partial charge in [-0.25, -0.2) is 0 Å². The van der Waals surface area contributed by atoms with Crippen LogP contribution in [0.1, 0.15) is 45.4 Å². The molecule has 1 unspecified atom stereocenters. The highest BCUT2D eigenvalue weighted by Gasteiger charge is 2.22. The molecule has 0 aromatic heterocycles. The van der Waals surface area contributed by atoms with E-state index >= 15 is 0 Å². The maximum atomic E-state index is 11.6. The van der Waals surface area contributed by atoms with Crippen molar-refractivity contribution in [3.63, 3.8) is 0 Å². The van der Waals surface area contributed by atoms with Crippen molar-refractivity contribution in [3.8, 4) is 0 Å². The van der Waals surface area contributed by atoms with E-state index in [2.05, 4.69) is 12.2 Å². The molecule has 4 nitrogen and oxygen atoms in total. The summed E-state index contributed by atoms with van der Waals surface area (Å²) in [5, 5.41) is 3.09. The van der Waals surface area contributed by atoms with Crippen LogP contribution in [0.4, 0.5) is 0 Å². The highest BCUT2D eigenvalue weighted by atomic mass is 16.5. The first-order chi connectivity index (χ1) is 8.34. The molecular formula is C13H25NO3. The molecule has 17 heavy (non-hydrogen) atoms. The predicted octanol–water partition coefficient (Wildman–Crippen LogP) is 1.88. The van der Waals surface area contributed by atoms with Gasteiger partial charge in [0.15, 0.2) is 0 Å². The summed E-state index contributed by atoms with van der Waals surface area (Å²) in [7, 11) is 0. The second-order valence-electron chi connectivity index (χ2n) is 4.52. The molecule has 1 atom stereocenters. The zero-order valence-electron chi connectivity index (χ0n) is 10.9. The number of hydrogen-bond acceptors (Lipinski definition) is 4. The van der Waals surface area contributed by atoms with Gasteiger partial charge in [-0.2, -0.15) is 0 Å². The van der Waals surface area contributed by atoms with Gasteiger partial charge in [0.05, 0.1) is 19.8 Å². The van der Waals surface area contributed by atoms with Gasteiger partial charge in [0, 0.05) is 6.54 Å². The monoisotopic (exact) mass is 243 g/mol. The van der Waals surface area contributed by atoms with E-state index in [9.17, 15) is 4.79 Å². The van der Waals surface area contributed by atoms with Gasteiger partial charge in [-0.3, -0.25) is 4.79 Å². The Hall–Kier alpha value is -0.610. The number of nitrogens with one attached hydrogen (secondary N) is 1. The van der Waals surface area contributed by atoms with Gasteiger partial charge in [-0.05, 0) is 6.42 Å². The molecule has 0 radical (unpaired) electrons. The summed E-state index contributed by atoms with van der Waals surface area (Å²) in [6, 6.07) is -0.260. The van der Waals surface area contributed by atoms with Gasteiger partial charge in [0.25, 0.3) is 0 Å². The molecule has 0 aromatic rings. The van der Waals surface area contributed by atoms with Crippen LogP contribution in [0.5, 0.6) is 0 Å². The van der Waals surface area contributed by atoms with E-state index in [1.807, 2.05) is 0 Å². The van der Waals surface area contributed by atoms with E-state index in [0.29, 0.717) is 19.8 Å². The number of esters is 1. The second kappa shape index (κ2) is 9.42. The van der Waals surface area contributed by atoms with Crippen LogP contribution in [-0.4, -0.2) is 38.4 Å². The summed E-state index contributed by atoms with van der Waals surface area (Å²) in [4.78, 5) is 11.6. The molecule has 0 saturated carbocycles. The normalized spacial score (nSPS) is 20.2. The number of hydrogen-bond donors (Lipinski definition) is 1. The zero-order valence-corrected chi connectivity index (χ0v) is 10.9. The lowest BCUT2D eigenvalue weighted by Crippen LogP contribution is -2.47. The minimum Gasteiger partial charge on any atom is -0.464 e. The maximum Gasteiger partial charge on any atom is 0.325 e. The largest absolute Gasteiger partial charge is 0.464 e. The number of rotatable bonds is 8. The first-order valence-electron chi connectivity index (χ1n) is 6.82. The Morgan fingerprint density at radius 3 is 2.76 bits per heavy atom. The molecule has 0 spiro atoms. The fourth-order valence-corrected chi connectivity index (χ4v) is 1.87. The molecule has 0 aromatic carbocycles. The topological polar surface area (TPSA) is 47.6 Å². The molecule has 1 aliphatic rings. The van der Waals surface area contributed by atoms with Crippen molar-refractivity contribution in [2.24, 2.45) is 0 Å². The average molecular weight is 243 g/mol. The van der Waals surface area contributed by atoms with E-state index < -0.39 is 0 Å². The Labute approximate surface area is 104 Å². The Kier molecular flexibility index (Phi) is 8.01. The van der Waals surface area contributed by atoms with E-state index in [4.69, 9.17) is 9.47 Å². The lowest BCUT2D eigenvalue weighted by atomic mass is 10.1. The molecule has 1 aliphatic heterocycles. The first-order valence-corrected chi connectivity index (χ1v) is 6.82. The van der Waals surface area contributed by atoms with Crippen LogP contribution < -0.4 is 5.32 Å². The van der Waals surface area contributed by atoms with Crippen LogP contribution in [0.15, 0.2) is 0 Å². The lowest BCUT2D eigenvalue weighted by molar-refractivity contribution is -0.149. The van der Waals surface area contributed by atoms with Gasteiger partial charge >= 0.3 is 5.97 Å². The Bertz CT molecular complexity index is 203. The number of ether oxygens (including phenoxy) is 2. The van der Waals surface area contributed by atoms with Crippen molar-refractivity contribution in [3.05, 3.63) is 0 Å². The SMILES string of the molecule is CCCCCCCCOC(=O)C1COCCN1. The molecule has 1 heterocycles. The highest BCUT2D eigenvalue weighted by Crippen LogP contribution is 2.05. The van der Waals surface area contributed by atoms with E-state index in [1.165, 1.54) is 25.7 Å². The molecule has 0 aliphatic carbocycles. The number of carbonyl (C=O) groups excluding carboxylic acids is 1. The summed E-state index contributed by atoms with van der Waals surface area (Å²) >= 11 is 0. The quantitative estimate of drug-likeness (QED) is 0.522. The van der Waals surface area contributed by atoms with Crippen molar-refractivity contribution < 1.29 is 14.3 Å². The summed E-state index contributed by atoms with van der Waals surface area (Å²) < 4.78 is 10.4. The summed E-state index contributed by atoms with van der Waals surface area (Å²) in [5.41, 5.74) is 0. The van der Waals surface area contributed by atoms with Crippen LogP contribution in [0, 0.1) is 0 Å². The van der Waals surface area contributed by atoms with Crippen LogP contribution >= 0.6 is 0 Å². The lowest BCUT2D eigenvalue weighted by Gasteiger charge is -2.22. The number of unbranched alkanes of at least 4 members (excludes halogenated alkanes) is 5. The van der Waals surface area contributed by atoms with Gasteiger partial charge in [-0.15, -0.1) is 0 Å². The fourth-order valence-electron chi connectivity index (χ4n) is 1.87. The molecular weight excluding hydrogens is 218 g/mol. The second-order valence-corrected chi connectivity index (χ2v) is 4.52. The van der Waals surface area contributed by atoms with E-state index in [1.54, 1.807) is 0 Å². The Morgan fingerprint density at radius 1 is 1.29 bits per heavy atom. The third-order valence-corrected chi connectivity index (χ3v) is 2.95. The first kappa shape index (κ1) is 14.5. The molecule has 0 amide bonds. The zero-order chi connectivity index (χ0) is 12.3. The van der Waals surface area contributed by atoms with E-state index in [0.717, 1.165) is 19.4 Å².